The molecule has 0 bridgehead atoms. The zero-order valence-corrected chi connectivity index (χ0v) is 18.0. The molecule has 3 nitrogen and oxygen atoms in total. The number of benzene rings is 2. The van der Waals surface area contributed by atoms with E-state index in [2.05, 4.69) is 10.2 Å². The van der Waals surface area contributed by atoms with Crippen LogP contribution in [0.5, 0.6) is 0 Å². The van der Waals surface area contributed by atoms with Crippen molar-refractivity contribution >= 4 is 40.7 Å². The van der Waals surface area contributed by atoms with Crippen molar-refractivity contribution in [2.24, 2.45) is 5.92 Å². The van der Waals surface area contributed by atoms with E-state index in [0.29, 0.717) is 16.6 Å². The zero-order valence-electron chi connectivity index (χ0n) is 15.8. The zero-order chi connectivity index (χ0) is 19.9. The Labute approximate surface area is 182 Å². The predicted molar refractivity (Wildman–Crippen MR) is 117 cm³/mol. The fourth-order valence-electron chi connectivity index (χ4n) is 3.58. The van der Waals surface area contributed by atoms with Gasteiger partial charge in [-0.05, 0) is 68.1 Å². The SMILES string of the molecule is O=C(NCCCc1ccccc1Cl)C1CCN(Cc2ccc(Cl)cc2Cl)CC1. The van der Waals surface area contributed by atoms with Gasteiger partial charge in [-0.25, -0.2) is 0 Å². The van der Waals surface area contributed by atoms with Crippen LogP contribution in [0.1, 0.15) is 30.4 Å². The maximum Gasteiger partial charge on any atom is 0.223 e. The number of carbonyl (C=O) groups is 1. The van der Waals surface area contributed by atoms with E-state index >= 15 is 0 Å². The summed E-state index contributed by atoms with van der Waals surface area (Å²) in [6.45, 7) is 3.28. The standard InChI is InChI=1S/C22H25Cl3N2O/c23-19-8-7-18(21(25)14-19)15-27-12-9-17(10-13-27)22(28)26-11-3-5-16-4-1-2-6-20(16)24/h1-2,4,6-8,14,17H,3,5,9-13,15H2,(H,26,28). The van der Waals surface area contributed by atoms with Crippen molar-refractivity contribution in [2.45, 2.75) is 32.2 Å². The van der Waals surface area contributed by atoms with Gasteiger partial charge in [0.1, 0.15) is 0 Å². The van der Waals surface area contributed by atoms with Crippen LogP contribution in [0.15, 0.2) is 42.5 Å². The average molecular weight is 440 g/mol. The van der Waals surface area contributed by atoms with Gasteiger partial charge in [-0.1, -0.05) is 59.1 Å². The smallest absolute Gasteiger partial charge is 0.223 e. The third-order valence-corrected chi connectivity index (χ3v) is 6.20. The first-order chi connectivity index (χ1) is 13.5. The van der Waals surface area contributed by atoms with E-state index in [1.54, 1.807) is 6.07 Å². The van der Waals surface area contributed by atoms with Gasteiger partial charge in [-0.15, -0.1) is 0 Å². The number of hydrogen-bond donors (Lipinski definition) is 1. The molecule has 1 aliphatic heterocycles. The van der Waals surface area contributed by atoms with Crippen LogP contribution in [-0.2, 0) is 17.8 Å². The molecule has 0 atom stereocenters. The summed E-state index contributed by atoms with van der Waals surface area (Å²) in [5.41, 5.74) is 2.21. The van der Waals surface area contributed by atoms with Gasteiger partial charge < -0.3 is 5.32 Å². The minimum atomic E-state index is 0.0947. The highest BCUT2D eigenvalue weighted by Gasteiger charge is 2.25. The molecule has 3 rings (SSSR count). The van der Waals surface area contributed by atoms with Crippen molar-refractivity contribution in [1.29, 1.82) is 0 Å². The Balaban J connectivity index is 1.37. The number of piperidine rings is 1. The van der Waals surface area contributed by atoms with Crippen LogP contribution >= 0.6 is 34.8 Å². The normalized spacial score (nSPS) is 15.5. The molecule has 0 radical (unpaired) electrons. The summed E-state index contributed by atoms with van der Waals surface area (Å²) < 4.78 is 0. The number of hydrogen-bond acceptors (Lipinski definition) is 2. The first kappa shape index (κ1) is 21.4. The number of halogens is 3. The van der Waals surface area contributed by atoms with Gasteiger partial charge in [0.2, 0.25) is 5.91 Å². The molecule has 6 heteroatoms. The van der Waals surface area contributed by atoms with Crippen LogP contribution in [0.4, 0.5) is 0 Å². The molecule has 2 aromatic carbocycles. The molecular formula is C22H25Cl3N2O. The predicted octanol–water partition coefficient (Wildman–Crippen LogP) is 5.61. The summed E-state index contributed by atoms with van der Waals surface area (Å²) in [6, 6.07) is 13.5. The Bertz CT molecular complexity index is 804. The fourth-order valence-corrected chi connectivity index (χ4v) is 4.28. The summed E-state index contributed by atoms with van der Waals surface area (Å²) >= 11 is 18.4. The van der Waals surface area contributed by atoms with Crippen LogP contribution in [0.3, 0.4) is 0 Å². The van der Waals surface area contributed by atoms with Crippen LogP contribution < -0.4 is 5.32 Å². The van der Waals surface area contributed by atoms with Gasteiger partial charge in [0, 0.05) is 34.1 Å². The first-order valence-corrected chi connectivity index (χ1v) is 10.8. The van der Waals surface area contributed by atoms with E-state index in [0.717, 1.165) is 61.5 Å². The Morgan fingerprint density at radius 3 is 2.46 bits per heavy atom. The third kappa shape index (κ3) is 6.12. The molecule has 0 unspecified atom stereocenters. The maximum absolute atomic E-state index is 12.4. The monoisotopic (exact) mass is 438 g/mol. The second-order valence-electron chi connectivity index (χ2n) is 7.27. The van der Waals surface area contributed by atoms with E-state index in [9.17, 15) is 4.79 Å². The van der Waals surface area contributed by atoms with Crippen LogP contribution in [0.2, 0.25) is 15.1 Å². The lowest BCUT2D eigenvalue weighted by molar-refractivity contribution is -0.126. The van der Waals surface area contributed by atoms with Gasteiger partial charge in [0.25, 0.3) is 0 Å². The topological polar surface area (TPSA) is 32.3 Å². The number of amides is 1. The molecule has 0 aromatic heterocycles. The molecule has 1 fully saturated rings. The molecule has 0 saturated carbocycles. The molecule has 0 aliphatic carbocycles. The highest BCUT2D eigenvalue weighted by molar-refractivity contribution is 6.35. The minimum absolute atomic E-state index is 0.0947. The second-order valence-corrected chi connectivity index (χ2v) is 8.52. The van der Waals surface area contributed by atoms with Gasteiger partial charge >= 0.3 is 0 Å². The van der Waals surface area contributed by atoms with Crippen molar-refractivity contribution < 1.29 is 4.79 Å². The molecule has 2 aromatic rings. The van der Waals surface area contributed by atoms with Gasteiger partial charge in [-0.2, -0.15) is 0 Å². The number of likely N-dealkylation sites (tertiary alicyclic amines) is 1. The Hall–Kier alpha value is -1.26. The lowest BCUT2D eigenvalue weighted by Crippen LogP contribution is -2.40. The molecule has 28 heavy (non-hydrogen) atoms. The van der Waals surface area contributed by atoms with E-state index < -0.39 is 0 Å². The Kier molecular flexibility index (Phi) is 8.04. The van der Waals surface area contributed by atoms with E-state index in [1.165, 1.54) is 0 Å². The molecule has 1 aliphatic rings. The quantitative estimate of drug-likeness (QED) is 0.569. The van der Waals surface area contributed by atoms with Crippen molar-refractivity contribution in [3.8, 4) is 0 Å². The highest BCUT2D eigenvalue weighted by Crippen LogP contribution is 2.25. The average Bonchev–Trinajstić information content (AvgIpc) is 2.69. The van der Waals surface area contributed by atoms with E-state index in [-0.39, 0.29) is 11.8 Å². The Morgan fingerprint density at radius 1 is 1.00 bits per heavy atom. The third-order valence-electron chi connectivity index (χ3n) is 5.25. The van der Waals surface area contributed by atoms with E-state index in [4.69, 9.17) is 34.8 Å². The number of nitrogens with one attached hydrogen (secondary N) is 1. The van der Waals surface area contributed by atoms with Crippen LogP contribution in [-0.4, -0.2) is 30.4 Å². The number of aryl methyl sites for hydroxylation is 1. The van der Waals surface area contributed by atoms with Crippen LogP contribution in [0.25, 0.3) is 0 Å². The van der Waals surface area contributed by atoms with Crippen molar-refractivity contribution in [3.63, 3.8) is 0 Å². The van der Waals surface area contributed by atoms with Crippen LogP contribution in [0, 0.1) is 5.92 Å². The van der Waals surface area contributed by atoms with E-state index in [1.807, 2.05) is 36.4 Å². The molecule has 150 valence electrons. The number of nitrogens with zero attached hydrogens (tertiary/aromatic N) is 1. The summed E-state index contributed by atoms with van der Waals surface area (Å²) in [5.74, 6) is 0.264. The highest BCUT2D eigenvalue weighted by atomic mass is 35.5. The minimum Gasteiger partial charge on any atom is -0.356 e. The largest absolute Gasteiger partial charge is 0.356 e. The van der Waals surface area contributed by atoms with Crippen molar-refractivity contribution in [2.75, 3.05) is 19.6 Å². The van der Waals surface area contributed by atoms with Crippen molar-refractivity contribution in [1.82, 2.24) is 10.2 Å². The van der Waals surface area contributed by atoms with Gasteiger partial charge in [0.15, 0.2) is 0 Å². The van der Waals surface area contributed by atoms with Crippen molar-refractivity contribution in [3.05, 3.63) is 68.7 Å². The molecule has 1 N–H and O–H groups in total. The lowest BCUT2D eigenvalue weighted by Gasteiger charge is -2.31. The molecule has 0 spiro atoms. The number of carbonyl (C=O) groups excluding carboxylic acids is 1. The van der Waals surface area contributed by atoms with Gasteiger partial charge in [-0.3, -0.25) is 9.69 Å². The summed E-state index contributed by atoms with van der Waals surface area (Å²) in [5, 5.41) is 5.23. The maximum atomic E-state index is 12.4. The summed E-state index contributed by atoms with van der Waals surface area (Å²) in [7, 11) is 0. The molecular weight excluding hydrogens is 415 g/mol. The molecule has 1 heterocycles. The molecule has 1 amide bonds. The fraction of sp³-hybridized carbons (Fsp3) is 0.409. The summed E-state index contributed by atoms with van der Waals surface area (Å²) in [4.78, 5) is 14.8. The Morgan fingerprint density at radius 2 is 1.75 bits per heavy atom. The summed E-state index contributed by atoms with van der Waals surface area (Å²) in [6.07, 6.45) is 3.52. The first-order valence-electron chi connectivity index (χ1n) is 9.70. The molecule has 1 saturated heterocycles. The van der Waals surface area contributed by atoms with Gasteiger partial charge in [0.05, 0.1) is 0 Å². The lowest BCUT2D eigenvalue weighted by atomic mass is 9.95. The second kappa shape index (κ2) is 10.5. The number of rotatable bonds is 7.